The summed E-state index contributed by atoms with van der Waals surface area (Å²) in [5, 5.41) is 15.7. The van der Waals surface area contributed by atoms with Crippen LogP contribution < -0.4 is 24.8 Å². The number of ether oxygens (including phenoxy) is 3. The molecular formula is C42H50F2N6O7. The molecule has 0 radical (unpaired) electrons. The van der Waals surface area contributed by atoms with Gasteiger partial charge in [-0.15, -0.1) is 0 Å². The van der Waals surface area contributed by atoms with Crippen LogP contribution in [0.3, 0.4) is 0 Å². The molecule has 2 saturated heterocycles. The molecule has 0 spiro atoms. The molecule has 4 aromatic rings. The topological polar surface area (TPSA) is 155 Å². The molecule has 2 aliphatic rings. The van der Waals surface area contributed by atoms with E-state index in [4.69, 9.17) is 19.2 Å². The lowest BCUT2D eigenvalue weighted by Crippen LogP contribution is -2.50. The van der Waals surface area contributed by atoms with Crippen molar-refractivity contribution in [3.63, 3.8) is 0 Å². The van der Waals surface area contributed by atoms with Crippen molar-refractivity contribution in [1.29, 1.82) is 0 Å². The van der Waals surface area contributed by atoms with E-state index >= 15 is 0 Å². The van der Waals surface area contributed by atoms with Crippen LogP contribution in [0.1, 0.15) is 72.6 Å². The molecule has 3 aromatic carbocycles. The summed E-state index contributed by atoms with van der Waals surface area (Å²) in [5.41, 5.74) is 2.70. The number of nitrogens with zero attached hydrogens (tertiary/aromatic N) is 4. The Labute approximate surface area is 330 Å². The van der Waals surface area contributed by atoms with Crippen LogP contribution in [0.15, 0.2) is 54.6 Å². The first-order valence-electron chi connectivity index (χ1n) is 19.2. The van der Waals surface area contributed by atoms with Crippen molar-refractivity contribution in [3.8, 4) is 17.2 Å². The number of nitrogens with one attached hydrogen (secondary N) is 2. The smallest absolute Gasteiger partial charge is 0.295 e. The number of piperidine rings is 1. The molecule has 13 nitrogen and oxygen atoms in total. The van der Waals surface area contributed by atoms with Crippen molar-refractivity contribution in [2.45, 2.75) is 63.8 Å². The van der Waals surface area contributed by atoms with Crippen LogP contribution >= 0.6 is 0 Å². The van der Waals surface area contributed by atoms with Crippen LogP contribution in [0.2, 0.25) is 0 Å². The highest BCUT2D eigenvalue weighted by atomic mass is 19.3. The number of carbonyl (C=O) groups is 3. The van der Waals surface area contributed by atoms with E-state index in [2.05, 4.69) is 20.5 Å². The number of rotatable bonds is 16. The fourth-order valence-electron chi connectivity index (χ4n) is 7.46. The summed E-state index contributed by atoms with van der Waals surface area (Å²) in [7, 11) is 3.17. The molecular weight excluding hydrogens is 738 g/mol. The van der Waals surface area contributed by atoms with Gasteiger partial charge in [0.2, 0.25) is 11.8 Å². The second-order valence-corrected chi connectivity index (χ2v) is 14.5. The van der Waals surface area contributed by atoms with E-state index in [1.165, 1.54) is 12.1 Å². The molecule has 3 heterocycles. The number of hydrogen-bond donors (Lipinski definition) is 3. The molecule has 2 unspecified atom stereocenters. The summed E-state index contributed by atoms with van der Waals surface area (Å²) < 4.78 is 46.0. The minimum atomic E-state index is -3.35. The Kier molecular flexibility index (Phi) is 13.2. The second-order valence-electron chi connectivity index (χ2n) is 14.5. The normalized spacial score (nSPS) is 17.0. The number of aromatic nitrogens is 2. The summed E-state index contributed by atoms with van der Waals surface area (Å²) in [6, 6.07) is 14.5. The monoisotopic (exact) mass is 788 g/mol. The third-order valence-corrected chi connectivity index (χ3v) is 10.6. The highest BCUT2D eigenvalue weighted by Crippen LogP contribution is 2.40. The number of piperazine rings is 1. The van der Waals surface area contributed by atoms with Crippen LogP contribution in [0.4, 0.5) is 14.6 Å². The standard InChI is InChI=1S/C42H50F2N6O7/c1-26(28-9-7-11-30(21-28)42(43,44)25-51)45-40-34-23-35(55-3)39(56-4)33(38(34)46-27(2)47-40)13-5-6-16-49-17-19-50(20-18-49)37(53)24-57-31-12-8-10-29(22-31)32-14-15-36(52)48-41(32)54/h7-12,21-23,26,32,51H,5-6,13-20,24-25H2,1-4H3,(H,45,46,47)(H,48,52,54). The van der Waals surface area contributed by atoms with E-state index in [0.29, 0.717) is 71.3 Å². The van der Waals surface area contributed by atoms with Crippen molar-refractivity contribution in [2.24, 2.45) is 0 Å². The average molecular weight is 789 g/mol. The number of imide groups is 1. The van der Waals surface area contributed by atoms with Crippen LogP contribution in [-0.2, 0) is 26.7 Å². The SMILES string of the molecule is COc1cc2c(NC(C)c3cccc(C(F)(F)CO)c3)nc(C)nc2c(CCCCN2CCN(C(=O)COc3cccc(C4CCC(=O)NC4=O)c3)CC2)c1OC. The van der Waals surface area contributed by atoms with Gasteiger partial charge in [0.15, 0.2) is 18.1 Å². The number of unbranched alkanes of at least 4 members (excludes halogenated alkanes) is 1. The van der Waals surface area contributed by atoms with E-state index in [9.17, 15) is 28.3 Å². The summed E-state index contributed by atoms with van der Waals surface area (Å²) in [6.07, 6.45) is 3.11. The van der Waals surface area contributed by atoms with Gasteiger partial charge in [-0.3, -0.25) is 24.6 Å². The fourth-order valence-corrected chi connectivity index (χ4v) is 7.46. The lowest BCUT2D eigenvalue weighted by molar-refractivity contribution is -0.136. The number of fused-ring (bicyclic) bond motifs is 1. The van der Waals surface area contributed by atoms with E-state index in [0.717, 1.165) is 43.6 Å². The molecule has 2 atom stereocenters. The Balaban J connectivity index is 1.04. The number of carbonyl (C=O) groups excluding carboxylic acids is 3. The van der Waals surface area contributed by atoms with Crippen LogP contribution in [0.25, 0.3) is 10.9 Å². The van der Waals surface area contributed by atoms with Gasteiger partial charge in [-0.05, 0) is 81.5 Å². The predicted molar refractivity (Wildman–Crippen MR) is 210 cm³/mol. The van der Waals surface area contributed by atoms with Crippen LogP contribution in [0, 0.1) is 6.92 Å². The quantitative estimate of drug-likeness (QED) is 0.100. The van der Waals surface area contributed by atoms with Crippen molar-refractivity contribution in [2.75, 3.05) is 65.5 Å². The number of halogens is 2. The van der Waals surface area contributed by atoms with Crippen LogP contribution in [-0.4, -0.2) is 103 Å². The summed E-state index contributed by atoms with van der Waals surface area (Å²) in [6.45, 7) is 5.78. The van der Waals surface area contributed by atoms with E-state index in [-0.39, 0.29) is 36.3 Å². The zero-order valence-electron chi connectivity index (χ0n) is 32.8. The number of aliphatic hydroxyl groups excluding tert-OH is 1. The average Bonchev–Trinajstić information content (AvgIpc) is 3.21. The zero-order valence-corrected chi connectivity index (χ0v) is 32.8. The molecule has 1 aromatic heterocycles. The van der Waals surface area contributed by atoms with E-state index in [1.54, 1.807) is 51.5 Å². The Morgan fingerprint density at radius 3 is 2.53 bits per heavy atom. The highest BCUT2D eigenvalue weighted by molar-refractivity contribution is 6.01. The number of benzene rings is 3. The number of amides is 3. The molecule has 2 fully saturated rings. The zero-order chi connectivity index (χ0) is 40.7. The Bertz CT molecular complexity index is 2090. The molecule has 15 heteroatoms. The Morgan fingerprint density at radius 2 is 1.81 bits per heavy atom. The molecule has 57 heavy (non-hydrogen) atoms. The van der Waals surface area contributed by atoms with Crippen molar-refractivity contribution < 1.29 is 42.5 Å². The predicted octanol–water partition coefficient (Wildman–Crippen LogP) is 5.28. The molecule has 3 N–H and O–H groups in total. The first kappa shape index (κ1) is 41.2. The lowest BCUT2D eigenvalue weighted by atomic mass is 9.90. The molecule has 0 aliphatic carbocycles. The Morgan fingerprint density at radius 1 is 1.04 bits per heavy atom. The maximum Gasteiger partial charge on any atom is 0.295 e. The van der Waals surface area contributed by atoms with Gasteiger partial charge in [-0.2, -0.15) is 8.78 Å². The largest absolute Gasteiger partial charge is 0.493 e. The van der Waals surface area contributed by atoms with Crippen molar-refractivity contribution in [1.82, 2.24) is 25.1 Å². The minimum absolute atomic E-state index is 0.102. The number of aliphatic hydroxyl groups is 1. The first-order valence-corrected chi connectivity index (χ1v) is 19.2. The number of hydrogen-bond acceptors (Lipinski definition) is 11. The fraction of sp³-hybridized carbons (Fsp3) is 0.452. The highest BCUT2D eigenvalue weighted by Gasteiger charge is 2.31. The molecule has 6 rings (SSSR count). The first-order chi connectivity index (χ1) is 27.4. The number of aryl methyl sites for hydroxylation is 2. The van der Waals surface area contributed by atoms with Gasteiger partial charge < -0.3 is 29.5 Å². The molecule has 0 bridgehead atoms. The number of methoxy groups -OCH3 is 2. The van der Waals surface area contributed by atoms with E-state index < -0.39 is 24.5 Å². The van der Waals surface area contributed by atoms with Crippen LogP contribution in [0.5, 0.6) is 17.2 Å². The maximum atomic E-state index is 14.3. The number of anilines is 1. The molecule has 0 saturated carbocycles. The van der Waals surface area contributed by atoms with Gasteiger partial charge in [-0.1, -0.05) is 30.3 Å². The summed E-state index contributed by atoms with van der Waals surface area (Å²) >= 11 is 0. The van der Waals surface area contributed by atoms with E-state index in [1.807, 2.05) is 24.0 Å². The molecule has 2 aliphatic heterocycles. The maximum absolute atomic E-state index is 14.3. The van der Waals surface area contributed by atoms with Gasteiger partial charge >= 0.3 is 0 Å². The summed E-state index contributed by atoms with van der Waals surface area (Å²) in [5.74, 6) is -1.77. The minimum Gasteiger partial charge on any atom is -0.493 e. The van der Waals surface area contributed by atoms with Gasteiger partial charge in [0.05, 0.1) is 25.7 Å². The third kappa shape index (κ3) is 9.77. The van der Waals surface area contributed by atoms with Crippen molar-refractivity contribution in [3.05, 3.63) is 82.7 Å². The second kappa shape index (κ2) is 18.2. The van der Waals surface area contributed by atoms with Gasteiger partial charge in [0.25, 0.3) is 11.8 Å². The van der Waals surface area contributed by atoms with Gasteiger partial charge in [0, 0.05) is 55.2 Å². The summed E-state index contributed by atoms with van der Waals surface area (Å²) in [4.78, 5) is 50.5. The third-order valence-electron chi connectivity index (χ3n) is 10.6. The molecule has 3 amide bonds. The molecule has 304 valence electrons. The van der Waals surface area contributed by atoms with Gasteiger partial charge in [-0.25, -0.2) is 9.97 Å². The lowest BCUT2D eigenvalue weighted by Gasteiger charge is -2.34. The van der Waals surface area contributed by atoms with Crippen molar-refractivity contribution >= 4 is 34.4 Å². The Hall–Kier alpha value is -5.41. The van der Waals surface area contributed by atoms with Gasteiger partial charge in [0.1, 0.15) is 24.0 Å². The number of alkyl halides is 2.